The molecule has 0 radical (unpaired) electrons. The summed E-state index contributed by atoms with van der Waals surface area (Å²) in [6.07, 6.45) is 0. The maximum atomic E-state index is 14.0. The smallest absolute Gasteiger partial charge is 0.238 e. The second kappa shape index (κ2) is 7.41. The summed E-state index contributed by atoms with van der Waals surface area (Å²) >= 11 is 0. The van der Waals surface area contributed by atoms with Crippen molar-refractivity contribution >= 4 is 15.7 Å². The van der Waals surface area contributed by atoms with E-state index in [-0.39, 0.29) is 10.7 Å². The van der Waals surface area contributed by atoms with E-state index < -0.39 is 10.0 Å². The van der Waals surface area contributed by atoms with Crippen molar-refractivity contribution in [3.63, 3.8) is 0 Å². The van der Waals surface area contributed by atoms with Crippen molar-refractivity contribution in [1.82, 2.24) is 4.90 Å². The maximum absolute atomic E-state index is 14.0. The van der Waals surface area contributed by atoms with E-state index in [1.807, 2.05) is 6.07 Å². The van der Waals surface area contributed by atoms with Crippen molar-refractivity contribution in [3.8, 4) is 6.07 Å². The second-order valence-corrected chi connectivity index (χ2v) is 7.78. The molecule has 0 aliphatic carbocycles. The molecule has 0 unspecified atom stereocenters. The number of nitrogens with zero attached hydrogens (tertiary/aromatic N) is 3. The minimum Gasteiger partial charge on any atom is -0.369 e. The lowest BCUT2D eigenvalue weighted by molar-refractivity contribution is 0.246. The molecule has 8 heteroatoms. The summed E-state index contributed by atoms with van der Waals surface area (Å²) in [6.45, 7) is 3.53. The third-order valence-electron chi connectivity index (χ3n) is 4.48. The molecule has 1 fully saturated rings. The van der Waals surface area contributed by atoms with Gasteiger partial charge in [-0.2, -0.15) is 5.26 Å². The van der Waals surface area contributed by atoms with E-state index in [2.05, 4.69) is 9.80 Å². The fourth-order valence-corrected chi connectivity index (χ4v) is 3.51. The van der Waals surface area contributed by atoms with Crippen LogP contribution in [0.25, 0.3) is 0 Å². The Kier molecular flexibility index (Phi) is 5.23. The summed E-state index contributed by atoms with van der Waals surface area (Å²) < 4.78 is 36.6. The highest BCUT2D eigenvalue weighted by Crippen LogP contribution is 2.20. The molecular formula is C18H19FN4O2S. The Morgan fingerprint density at radius 2 is 1.73 bits per heavy atom. The molecule has 2 aromatic rings. The molecule has 0 aromatic heterocycles. The van der Waals surface area contributed by atoms with E-state index in [9.17, 15) is 12.8 Å². The number of nitriles is 1. The zero-order valence-corrected chi connectivity index (χ0v) is 14.9. The van der Waals surface area contributed by atoms with Gasteiger partial charge in [-0.05, 0) is 36.4 Å². The van der Waals surface area contributed by atoms with Gasteiger partial charge in [0.05, 0.1) is 16.5 Å². The Balaban J connectivity index is 1.60. The number of nitrogens with two attached hydrogens (primary N) is 1. The highest BCUT2D eigenvalue weighted by atomic mass is 32.2. The van der Waals surface area contributed by atoms with E-state index >= 15 is 0 Å². The van der Waals surface area contributed by atoms with Crippen molar-refractivity contribution in [2.45, 2.75) is 11.4 Å². The second-order valence-electron chi connectivity index (χ2n) is 6.22. The average Bonchev–Trinajstić information content (AvgIpc) is 2.63. The molecule has 0 atom stereocenters. The van der Waals surface area contributed by atoms with Crippen LogP contribution in [0.3, 0.4) is 0 Å². The molecule has 2 aromatic carbocycles. The van der Waals surface area contributed by atoms with Crippen LogP contribution in [0, 0.1) is 17.1 Å². The number of primary sulfonamides is 1. The number of sulfonamides is 1. The van der Waals surface area contributed by atoms with Crippen LogP contribution in [0.15, 0.2) is 47.4 Å². The maximum Gasteiger partial charge on any atom is 0.238 e. The van der Waals surface area contributed by atoms with Gasteiger partial charge in [0, 0.05) is 44.0 Å². The lowest BCUT2D eigenvalue weighted by atomic mass is 10.1. The van der Waals surface area contributed by atoms with Crippen molar-refractivity contribution in [2.24, 2.45) is 5.14 Å². The van der Waals surface area contributed by atoms with Gasteiger partial charge >= 0.3 is 0 Å². The van der Waals surface area contributed by atoms with Crippen molar-refractivity contribution in [2.75, 3.05) is 31.1 Å². The van der Waals surface area contributed by atoms with Gasteiger partial charge in [-0.3, -0.25) is 4.90 Å². The highest BCUT2D eigenvalue weighted by molar-refractivity contribution is 7.89. The first-order chi connectivity index (χ1) is 12.4. The van der Waals surface area contributed by atoms with Crippen LogP contribution >= 0.6 is 0 Å². The average molecular weight is 374 g/mol. The predicted octanol–water partition coefficient (Wildman–Crippen LogP) is 1.67. The molecule has 2 N–H and O–H groups in total. The van der Waals surface area contributed by atoms with Gasteiger partial charge in [0.1, 0.15) is 5.82 Å². The van der Waals surface area contributed by atoms with Crippen LogP contribution in [0.2, 0.25) is 0 Å². The number of benzene rings is 2. The van der Waals surface area contributed by atoms with Gasteiger partial charge in [-0.25, -0.2) is 17.9 Å². The molecule has 1 aliphatic rings. The molecule has 3 rings (SSSR count). The molecule has 0 bridgehead atoms. The first-order valence-electron chi connectivity index (χ1n) is 8.15. The Labute approximate surface area is 152 Å². The quantitative estimate of drug-likeness (QED) is 0.879. The fourth-order valence-electron chi connectivity index (χ4n) is 3.00. The Morgan fingerprint density at radius 3 is 2.27 bits per heavy atom. The van der Waals surface area contributed by atoms with Gasteiger partial charge in [-0.1, -0.05) is 6.07 Å². The molecule has 0 amide bonds. The lowest BCUT2D eigenvalue weighted by Gasteiger charge is -2.36. The van der Waals surface area contributed by atoms with Gasteiger partial charge in [-0.15, -0.1) is 0 Å². The van der Waals surface area contributed by atoms with Crippen LogP contribution in [0.1, 0.15) is 11.1 Å². The summed E-state index contributed by atoms with van der Waals surface area (Å²) in [5, 5.41) is 13.9. The largest absolute Gasteiger partial charge is 0.369 e. The molecule has 6 nitrogen and oxygen atoms in total. The highest BCUT2D eigenvalue weighted by Gasteiger charge is 2.19. The van der Waals surface area contributed by atoms with Crippen LogP contribution in [-0.4, -0.2) is 39.5 Å². The van der Waals surface area contributed by atoms with E-state index in [1.165, 1.54) is 18.2 Å². The molecule has 1 aliphatic heterocycles. The summed E-state index contributed by atoms with van der Waals surface area (Å²) in [4.78, 5) is 4.40. The first-order valence-corrected chi connectivity index (χ1v) is 9.70. The van der Waals surface area contributed by atoms with E-state index in [1.54, 1.807) is 24.3 Å². The molecular weight excluding hydrogens is 355 g/mol. The predicted molar refractivity (Wildman–Crippen MR) is 96.4 cm³/mol. The molecule has 26 heavy (non-hydrogen) atoms. The topological polar surface area (TPSA) is 90.4 Å². The van der Waals surface area contributed by atoms with Gasteiger partial charge in [0.15, 0.2) is 0 Å². The zero-order chi connectivity index (χ0) is 18.7. The summed E-state index contributed by atoms with van der Waals surface area (Å²) in [5.41, 5.74) is 1.83. The fraction of sp³-hybridized carbons (Fsp3) is 0.278. The van der Waals surface area contributed by atoms with E-state index in [0.29, 0.717) is 17.7 Å². The van der Waals surface area contributed by atoms with Crippen molar-refractivity contribution < 1.29 is 12.8 Å². The third kappa shape index (κ3) is 4.19. The van der Waals surface area contributed by atoms with Crippen LogP contribution in [-0.2, 0) is 16.6 Å². The Morgan fingerprint density at radius 1 is 1.08 bits per heavy atom. The van der Waals surface area contributed by atoms with Gasteiger partial charge < -0.3 is 4.90 Å². The van der Waals surface area contributed by atoms with Crippen LogP contribution in [0.4, 0.5) is 10.1 Å². The number of hydrogen-bond donors (Lipinski definition) is 1. The number of hydrogen-bond acceptors (Lipinski definition) is 5. The normalized spacial score (nSPS) is 15.7. The summed E-state index contributed by atoms with van der Waals surface area (Å²) in [6, 6.07) is 13.0. The number of piperazine rings is 1. The van der Waals surface area contributed by atoms with Crippen LogP contribution < -0.4 is 10.0 Å². The lowest BCUT2D eigenvalue weighted by Crippen LogP contribution is -2.46. The van der Waals surface area contributed by atoms with Gasteiger partial charge in [0.25, 0.3) is 0 Å². The zero-order valence-electron chi connectivity index (χ0n) is 14.1. The number of halogens is 1. The number of anilines is 1. The molecule has 0 spiro atoms. The molecule has 1 saturated heterocycles. The van der Waals surface area contributed by atoms with Crippen molar-refractivity contribution in [1.29, 1.82) is 5.26 Å². The number of rotatable bonds is 4. The van der Waals surface area contributed by atoms with Gasteiger partial charge in [0.2, 0.25) is 10.0 Å². The SMILES string of the molecule is N#Cc1ccc(CN2CCN(c3ccc(S(N)(=O)=O)cc3)CC2)c(F)c1. The van der Waals surface area contributed by atoms with E-state index in [4.69, 9.17) is 10.4 Å². The minimum atomic E-state index is -3.69. The van der Waals surface area contributed by atoms with Crippen LogP contribution in [0.5, 0.6) is 0 Å². The summed E-state index contributed by atoms with van der Waals surface area (Å²) in [7, 11) is -3.69. The molecule has 0 saturated carbocycles. The Bertz CT molecular complexity index is 931. The minimum absolute atomic E-state index is 0.0937. The Hall–Kier alpha value is -2.47. The first kappa shape index (κ1) is 18.3. The summed E-state index contributed by atoms with van der Waals surface area (Å²) in [5.74, 6) is -0.356. The monoisotopic (exact) mass is 374 g/mol. The van der Waals surface area contributed by atoms with Crippen molar-refractivity contribution in [3.05, 3.63) is 59.4 Å². The molecule has 1 heterocycles. The molecule has 136 valence electrons. The standard InChI is InChI=1S/C18H19FN4O2S/c19-18-11-14(12-20)1-2-15(18)13-22-7-9-23(10-8-22)16-3-5-17(6-4-16)26(21,24)25/h1-6,11H,7-10,13H2,(H2,21,24,25). The third-order valence-corrected chi connectivity index (χ3v) is 5.41. The van der Waals surface area contributed by atoms with E-state index in [0.717, 1.165) is 31.9 Å².